The number of aliphatic hydroxyl groups is 1. The zero-order chi connectivity index (χ0) is 22.9. The van der Waals surface area contributed by atoms with E-state index in [1.54, 1.807) is 0 Å². The normalized spacial score (nSPS) is 18.4. The van der Waals surface area contributed by atoms with Gasteiger partial charge in [0, 0.05) is 56.7 Å². The standard InChI is InChI=1S/C27H39N5O/c1-2-28-27(30-24-14-18-32(19-15-24)25-6-4-3-5-7-25)29-20-22-8-10-26(11-9-22)31-16-12-23(21-33)13-17-31/h3-11,23-24,33H,2,12-21H2,1H3,(H2,28,29,30). The lowest BCUT2D eigenvalue weighted by molar-refractivity contribution is 0.203. The Morgan fingerprint density at radius 3 is 2.09 bits per heavy atom. The topological polar surface area (TPSA) is 63.1 Å². The molecule has 2 aromatic rings. The Morgan fingerprint density at radius 2 is 1.48 bits per heavy atom. The lowest BCUT2D eigenvalue weighted by Crippen LogP contribution is -2.48. The molecule has 0 aliphatic carbocycles. The van der Waals surface area contributed by atoms with Crippen LogP contribution in [0.4, 0.5) is 11.4 Å². The number of aliphatic imine (C=N–C) groups is 1. The fourth-order valence-electron chi connectivity index (χ4n) is 4.79. The first-order valence-electron chi connectivity index (χ1n) is 12.5. The highest BCUT2D eigenvalue weighted by Crippen LogP contribution is 2.23. The minimum absolute atomic E-state index is 0.319. The van der Waals surface area contributed by atoms with Gasteiger partial charge < -0.3 is 25.5 Å². The van der Waals surface area contributed by atoms with Gasteiger partial charge in [-0.25, -0.2) is 4.99 Å². The van der Waals surface area contributed by atoms with Gasteiger partial charge in [0.25, 0.3) is 0 Å². The zero-order valence-electron chi connectivity index (χ0n) is 19.9. The molecule has 6 heteroatoms. The van der Waals surface area contributed by atoms with Crippen LogP contribution >= 0.6 is 0 Å². The van der Waals surface area contributed by atoms with Gasteiger partial charge in [-0.3, -0.25) is 0 Å². The van der Waals surface area contributed by atoms with Gasteiger partial charge in [0.05, 0.1) is 6.54 Å². The Hall–Kier alpha value is -2.73. The molecule has 0 radical (unpaired) electrons. The first-order chi connectivity index (χ1) is 16.2. The van der Waals surface area contributed by atoms with Crippen molar-refractivity contribution in [3.63, 3.8) is 0 Å². The van der Waals surface area contributed by atoms with Crippen LogP contribution in [0.5, 0.6) is 0 Å². The molecule has 178 valence electrons. The average Bonchev–Trinajstić information content (AvgIpc) is 2.89. The third-order valence-electron chi connectivity index (χ3n) is 6.90. The number of para-hydroxylation sites is 1. The molecule has 0 unspecified atom stereocenters. The van der Waals surface area contributed by atoms with Crippen LogP contribution in [-0.4, -0.2) is 56.4 Å². The summed E-state index contributed by atoms with van der Waals surface area (Å²) in [6.45, 7) is 8.16. The van der Waals surface area contributed by atoms with Gasteiger partial charge in [0.1, 0.15) is 0 Å². The zero-order valence-corrected chi connectivity index (χ0v) is 19.9. The summed E-state index contributed by atoms with van der Waals surface area (Å²) >= 11 is 0. The van der Waals surface area contributed by atoms with E-state index in [1.807, 2.05) is 0 Å². The van der Waals surface area contributed by atoms with E-state index in [1.165, 1.54) is 16.9 Å². The number of rotatable bonds is 7. The molecule has 2 fully saturated rings. The summed E-state index contributed by atoms with van der Waals surface area (Å²) in [5, 5.41) is 16.4. The van der Waals surface area contributed by atoms with Crippen molar-refractivity contribution < 1.29 is 5.11 Å². The molecule has 0 atom stereocenters. The van der Waals surface area contributed by atoms with Crippen molar-refractivity contribution >= 4 is 17.3 Å². The van der Waals surface area contributed by atoms with Crippen LogP contribution in [0.15, 0.2) is 59.6 Å². The van der Waals surface area contributed by atoms with Crippen LogP contribution < -0.4 is 20.4 Å². The Bertz CT molecular complexity index is 854. The number of piperidine rings is 2. The van der Waals surface area contributed by atoms with Crippen molar-refractivity contribution in [2.45, 2.75) is 45.2 Å². The molecule has 4 rings (SSSR count). The minimum atomic E-state index is 0.319. The SMILES string of the molecule is CCNC(=NCc1ccc(N2CCC(CO)CC2)cc1)NC1CCN(c2ccccc2)CC1. The minimum Gasteiger partial charge on any atom is -0.396 e. The quantitative estimate of drug-likeness (QED) is 0.445. The number of aliphatic hydroxyl groups excluding tert-OH is 1. The average molecular weight is 450 g/mol. The largest absolute Gasteiger partial charge is 0.396 e. The van der Waals surface area contributed by atoms with E-state index in [4.69, 9.17) is 4.99 Å². The third-order valence-corrected chi connectivity index (χ3v) is 6.90. The fourth-order valence-corrected chi connectivity index (χ4v) is 4.79. The van der Waals surface area contributed by atoms with Gasteiger partial charge in [0.2, 0.25) is 0 Å². The van der Waals surface area contributed by atoms with Gasteiger partial charge in [0.15, 0.2) is 5.96 Å². The van der Waals surface area contributed by atoms with E-state index < -0.39 is 0 Å². The first kappa shape index (κ1) is 23.4. The Morgan fingerprint density at radius 1 is 0.879 bits per heavy atom. The molecule has 0 amide bonds. The molecule has 0 bridgehead atoms. The summed E-state index contributed by atoms with van der Waals surface area (Å²) in [5.41, 5.74) is 3.81. The Kier molecular flexibility index (Phi) is 8.47. The van der Waals surface area contributed by atoms with Gasteiger partial charge in [-0.1, -0.05) is 30.3 Å². The Balaban J connectivity index is 1.27. The molecule has 0 aromatic heterocycles. The lowest BCUT2D eigenvalue weighted by atomic mass is 9.97. The molecule has 3 N–H and O–H groups in total. The van der Waals surface area contributed by atoms with E-state index in [2.05, 4.69) is 82.0 Å². The summed E-state index contributed by atoms with van der Waals surface area (Å²) in [4.78, 5) is 9.75. The van der Waals surface area contributed by atoms with Crippen molar-refractivity contribution in [2.24, 2.45) is 10.9 Å². The van der Waals surface area contributed by atoms with Crippen molar-refractivity contribution in [2.75, 3.05) is 49.1 Å². The second-order valence-corrected chi connectivity index (χ2v) is 9.22. The molecule has 2 heterocycles. The molecular formula is C27H39N5O. The number of hydrogen-bond donors (Lipinski definition) is 3. The van der Waals surface area contributed by atoms with Gasteiger partial charge in [-0.15, -0.1) is 0 Å². The highest BCUT2D eigenvalue weighted by atomic mass is 16.3. The van der Waals surface area contributed by atoms with Crippen LogP contribution in [-0.2, 0) is 6.54 Å². The van der Waals surface area contributed by atoms with Gasteiger partial charge in [-0.05, 0) is 68.4 Å². The van der Waals surface area contributed by atoms with Gasteiger partial charge >= 0.3 is 0 Å². The highest BCUT2D eigenvalue weighted by molar-refractivity contribution is 5.80. The second kappa shape index (κ2) is 11.9. The number of nitrogens with one attached hydrogen (secondary N) is 2. The molecule has 0 spiro atoms. The molecule has 6 nitrogen and oxygen atoms in total. The van der Waals surface area contributed by atoms with Crippen molar-refractivity contribution in [3.05, 3.63) is 60.2 Å². The number of benzene rings is 2. The molecule has 0 saturated carbocycles. The molecular weight excluding hydrogens is 410 g/mol. The summed E-state index contributed by atoms with van der Waals surface area (Å²) in [5.74, 6) is 1.38. The van der Waals surface area contributed by atoms with Crippen LogP contribution in [0.25, 0.3) is 0 Å². The smallest absolute Gasteiger partial charge is 0.191 e. The molecule has 2 saturated heterocycles. The van der Waals surface area contributed by atoms with Crippen molar-refractivity contribution in [1.82, 2.24) is 10.6 Å². The predicted octanol–water partition coefficient (Wildman–Crippen LogP) is 3.62. The molecule has 2 aliphatic rings. The fraction of sp³-hybridized carbons (Fsp3) is 0.519. The summed E-state index contributed by atoms with van der Waals surface area (Å²) in [7, 11) is 0. The van der Waals surface area contributed by atoms with E-state index in [0.29, 0.717) is 25.1 Å². The summed E-state index contributed by atoms with van der Waals surface area (Å²) < 4.78 is 0. The van der Waals surface area contributed by atoms with Crippen molar-refractivity contribution in [3.8, 4) is 0 Å². The maximum absolute atomic E-state index is 9.35. The summed E-state index contributed by atoms with van der Waals surface area (Å²) in [6.07, 6.45) is 4.37. The monoisotopic (exact) mass is 449 g/mol. The second-order valence-electron chi connectivity index (χ2n) is 9.22. The third kappa shape index (κ3) is 6.64. The summed E-state index contributed by atoms with van der Waals surface area (Å²) in [6, 6.07) is 20.0. The molecule has 2 aliphatic heterocycles. The maximum Gasteiger partial charge on any atom is 0.191 e. The number of guanidine groups is 1. The van der Waals surface area contributed by atoms with Crippen molar-refractivity contribution in [1.29, 1.82) is 0 Å². The lowest BCUT2D eigenvalue weighted by Gasteiger charge is -2.34. The van der Waals surface area contributed by atoms with Crippen LogP contribution in [0.1, 0.15) is 38.2 Å². The van der Waals surface area contributed by atoms with E-state index in [-0.39, 0.29) is 0 Å². The van der Waals surface area contributed by atoms with Crippen LogP contribution in [0.3, 0.4) is 0 Å². The maximum atomic E-state index is 9.35. The van der Waals surface area contributed by atoms with Crippen LogP contribution in [0, 0.1) is 5.92 Å². The predicted molar refractivity (Wildman–Crippen MR) is 138 cm³/mol. The first-order valence-corrected chi connectivity index (χ1v) is 12.5. The van der Waals surface area contributed by atoms with Gasteiger partial charge in [-0.2, -0.15) is 0 Å². The van der Waals surface area contributed by atoms with E-state index >= 15 is 0 Å². The highest BCUT2D eigenvalue weighted by Gasteiger charge is 2.20. The van der Waals surface area contributed by atoms with E-state index in [0.717, 1.165) is 64.4 Å². The Labute approximate surface area is 198 Å². The molecule has 33 heavy (non-hydrogen) atoms. The number of nitrogens with zero attached hydrogens (tertiary/aromatic N) is 3. The molecule has 2 aromatic carbocycles. The van der Waals surface area contributed by atoms with E-state index in [9.17, 15) is 5.11 Å². The number of anilines is 2. The van der Waals surface area contributed by atoms with Crippen LogP contribution in [0.2, 0.25) is 0 Å². The number of hydrogen-bond acceptors (Lipinski definition) is 4.